The lowest BCUT2D eigenvalue weighted by Crippen LogP contribution is -2.43. The number of esters is 2. The molecular formula is C23H25NO5. The van der Waals surface area contributed by atoms with Crippen LogP contribution in [-0.2, 0) is 21.4 Å². The molecule has 2 aromatic rings. The maximum atomic E-state index is 12.3. The van der Waals surface area contributed by atoms with Crippen LogP contribution in [0.3, 0.4) is 0 Å². The van der Waals surface area contributed by atoms with Crippen molar-refractivity contribution in [2.75, 3.05) is 33.9 Å². The van der Waals surface area contributed by atoms with Crippen molar-refractivity contribution in [2.24, 2.45) is 0 Å². The Hall–Kier alpha value is -2.86. The fourth-order valence-electron chi connectivity index (χ4n) is 4.36. The summed E-state index contributed by atoms with van der Waals surface area (Å²) >= 11 is 0. The topological polar surface area (TPSA) is 65.1 Å². The molecule has 152 valence electrons. The normalized spacial score (nSPS) is 17.4. The largest absolute Gasteiger partial charge is 0.492 e. The van der Waals surface area contributed by atoms with Crippen molar-refractivity contribution >= 4 is 11.9 Å². The standard InChI is InChI=1S/C23H25NO5/c1-27-21(25)17-12-19-20(13-18(17)22(26)28-2)29-15-23(19)8-10-24(11-9-23)14-16-6-4-3-5-7-16/h3-7,12-13H,8-11,14-15H2,1-2H3. The van der Waals surface area contributed by atoms with Crippen LogP contribution in [0, 0.1) is 0 Å². The molecule has 0 amide bonds. The summed E-state index contributed by atoms with van der Waals surface area (Å²) in [5.41, 5.74) is 2.57. The maximum absolute atomic E-state index is 12.3. The zero-order valence-electron chi connectivity index (χ0n) is 16.8. The molecule has 2 aliphatic rings. The van der Waals surface area contributed by atoms with Crippen LogP contribution in [0.25, 0.3) is 0 Å². The van der Waals surface area contributed by atoms with E-state index < -0.39 is 11.9 Å². The van der Waals surface area contributed by atoms with Gasteiger partial charge in [0.05, 0.1) is 32.0 Å². The number of methoxy groups -OCH3 is 2. The minimum absolute atomic E-state index is 0.139. The third kappa shape index (κ3) is 3.60. The molecule has 0 radical (unpaired) electrons. The van der Waals surface area contributed by atoms with Gasteiger partial charge in [0.25, 0.3) is 0 Å². The van der Waals surface area contributed by atoms with Gasteiger partial charge in [-0.05, 0) is 43.6 Å². The quantitative estimate of drug-likeness (QED) is 0.741. The molecule has 0 aromatic heterocycles. The first-order valence-corrected chi connectivity index (χ1v) is 9.80. The van der Waals surface area contributed by atoms with Crippen LogP contribution in [0.15, 0.2) is 42.5 Å². The third-order valence-corrected chi connectivity index (χ3v) is 6.07. The fourth-order valence-corrected chi connectivity index (χ4v) is 4.36. The van der Waals surface area contributed by atoms with E-state index in [9.17, 15) is 9.59 Å². The van der Waals surface area contributed by atoms with E-state index in [4.69, 9.17) is 14.2 Å². The van der Waals surface area contributed by atoms with E-state index in [2.05, 4.69) is 29.2 Å². The molecule has 29 heavy (non-hydrogen) atoms. The molecule has 0 atom stereocenters. The molecule has 4 rings (SSSR count). The molecule has 0 saturated carbocycles. The Balaban J connectivity index is 1.58. The summed E-state index contributed by atoms with van der Waals surface area (Å²) in [6.45, 7) is 3.39. The highest BCUT2D eigenvalue weighted by atomic mass is 16.5. The molecule has 2 aromatic carbocycles. The molecule has 1 fully saturated rings. The van der Waals surface area contributed by atoms with Gasteiger partial charge in [-0.3, -0.25) is 4.90 Å². The summed E-state index contributed by atoms with van der Waals surface area (Å²) in [4.78, 5) is 26.9. The summed E-state index contributed by atoms with van der Waals surface area (Å²) in [6, 6.07) is 13.9. The van der Waals surface area contributed by atoms with E-state index >= 15 is 0 Å². The second-order valence-electron chi connectivity index (χ2n) is 7.71. The van der Waals surface area contributed by atoms with Crippen LogP contribution in [0.1, 0.15) is 44.7 Å². The van der Waals surface area contributed by atoms with Crippen LogP contribution >= 0.6 is 0 Å². The number of carbonyl (C=O) groups is 2. The number of hydrogen-bond donors (Lipinski definition) is 0. The molecule has 2 aliphatic heterocycles. The Labute approximate surface area is 170 Å². The summed E-state index contributed by atoms with van der Waals surface area (Å²) in [7, 11) is 2.60. The van der Waals surface area contributed by atoms with Crippen LogP contribution in [0.5, 0.6) is 5.75 Å². The van der Waals surface area contributed by atoms with E-state index in [1.807, 2.05) is 6.07 Å². The van der Waals surface area contributed by atoms with E-state index in [0.29, 0.717) is 12.4 Å². The summed E-state index contributed by atoms with van der Waals surface area (Å²) in [5.74, 6) is -0.457. The maximum Gasteiger partial charge on any atom is 0.338 e. The van der Waals surface area contributed by atoms with Gasteiger partial charge in [0.2, 0.25) is 0 Å². The predicted octanol–water partition coefficient (Wildman–Crippen LogP) is 3.19. The van der Waals surface area contributed by atoms with Crippen molar-refractivity contribution in [2.45, 2.75) is 24.8 Å². The van der Waals surface area contributed by atoms with Gasteiger partial charge in [-0.15, -0.1) is 0 Å². The Morgan fingerprint density at radius 2 is 1.62 bits per heavy atom. The van der Waals surface area contributed by atoms with Crippen LogP contribution in [0.4, 0.5) is 0 Å². The minimum Gasteiger partial charge on any atom is -0.492 e. The van der Waals surface area contributed by atoms with Gasteiger partial charge >= 0.3 is 11.9 Å². The molecule has 2 heterocycles. The van der Waals surface area contributed by atoms with Crippen molar-refractivity contribution < 1.29 is 23.8 Å². The molecule has 0 N–H and O–H groups in total. The number of carbonyl (C=O) groups excluding carboxylic acids is 2. The van der Waals surface area contributed by atoms with E-state index in [1.165, 1.54) is 19.8 Å². The van der Waals surface area contributed by atoms with Gasteiger partial charge in [0, 0.05) is 17.5 Å². The van der Waals surface area contributed by atoms with Crippen LogP contribution < -0.4 is 4.74 Å². The van der Waals surface area contributed by atoms with E-state index in [-0.39, 0.29) is 16.5 Å². The van der Waals surface area contributed by atoms with Gasteiger partial charge in [0.15, 0.2) is 0 Å². The number of ether oxygens (including phenoxy) is 3. The van der Waals surface area contributed by atoms with Crippen LogP contribution in [-0.4, -0.2) is 50.8 Å². The fraction of sp³-hybridized carbons (Fsp3) is 0.391. The average Bonchev–Trinajstić information content (AvgIpc) is 3.11. The highest BCUT2D eigenvalue weighted by Gasteiger charge is 2.44. The highest BCUT2D eigenvalue weighted by Crippen LogP contribution is 2.46. The molecule has 0 aliphatic carbocycles. The van der Waals surface area contributed by atoms with Crippen molar-refractivity contribution in [3.05, 3.63) is 64.7 Å². The number of fused-ring (bicyclic) bond motifs is 2. The monoisotopic (exact) mass is 395 g/mol. The van der Waals surface area contributed by atoms with Gasteiger partial charge in [0.1, 0.15) is 5.75 Å². The second-order valence-corrected chi connectivity index (χ2v) is 7.71. The van der Waals surface area contributed by atoms with Gasteiger partial charge in [-0.2, -0.15) is 0 Å². The van der Waals surface area contributed by atoms with Crippen molar-refractivity contribution in [3.63, 3.8) is 0 Å². The number of rotatable bonds is 4. The molecule has 0 bridgehead atoms. The van der Waals surface area contributed by atoms with Crippen molar-refractivity contribution in [1.29, 1.82) is 0 Å². The van der Waals surface area contributed by atoms with Gasteiger partial charge < -0.3 is 14.2 Å². The lowest BCUT2D eigenvalue weighted by Gasteiger charge is -2.38. The van der Waals surface area contributed by atoms with Gasteiger partial charge in [-0.25, -0.2) is 9.59 Å². The lowest BCUT2D eigenvalue weighted by molar-refractivity contribution is 0.0555. The highest BCUT2D eigenvalue weighted by molar-refractivity contribution is 6.03. The smallest absolute Gasteiger partial charge is 0.338 e. The van der Waals surface area contributed by atoms with E-state index in [0.717, 1.165) is 38.0 Å². The zero-order chi connectivity index (χ0) is 20.4. The molecule has 0 unspecified atom stereocenters. The molecular weight excluding hydrogens is 370 g/mol. The Morgan fingerprint density at radius 3 is 2.24 bits per heavy atom. The Bertz CT molecular complexity index is 916. The lowest BCUT2D eigenvalue weighted by atomic mass is 9.73. The predicted molar refractivity (Wildman–Crippen MR) is 107 cm³/mol. The minimum atomic E-state index is -0.574. The Kier molecular flexibility index (Phi) is 5.28. The Morgan fingerprint density at radius 1 is 1.00 bits per heavy atom. The molecule has 6 heteroatoms. The SMILES string of the molecule is COC(=O)c1cc2c(cc1C(=O)OC)C1(CCN(Cc3ccccc3)CC1)CO2. The average molecular weight is 395 g/mol. The van der Waals surface area contributed by atoms with Crippen molar-refractivity contribution in [3.8, 4) is 5.75 Å². The number of nitrogens with zero attached hydrogens (tertiary/aromatic N) is 1. The summed E-state index contributed by atoms with van der Waals surface area (Å²) < 4.78 is 15.7. The van der Waals surface area contributed by atoms with E-state index in [1.54, 1.807) is 12.1 Å². The number of likely N-dealkylation sites (tertiary alicyclic amines) is 1. The first-order valence-electron chi connectivity index (χ1n) is 9.80. The van der Waals surface area contributed by atoms with Crippen molar-refractivity contribution in [1.82, 2.24) is 4.90 Å². The summed E-state index contributed by atoms with van der Waals surface area (Å²) in [6.07, 6.45) is 1.87. The van der Waals surface area contributed by atoms with Gasteiger partial charge in [-0.1, -0.05) is 30.3 Å². The second kappa shape index (κ2) is 7.87. The molecule has 6 nitrogen and oxygen atoms in total. The number of benzene rings is 2. The first-order chi connectivity index (χ1) is 14.1. The molecule has 1 saturated heterocycles. The summed E-state index contributed by atoms with van der Waals surface area (Å²) in [5, 5.41) is 0. The molecule has 1 spiro atoms. The number of hydrogen-bond acceptors (Lipinski definition) is 6. The number of piperidine rings is 1. The first kappa shape index (κ1) is 19.5. The van der Waals surface area contributed by atoms with Crippen LogP contribution in [0.2, 0.25) is 0 Å². The zero-order valence-corrected chi connectivity index (χ0v) is 16.8. The third-order valence-electron chi connectivity index (χ3n) is 6.07.